The van der Waals surface area contributed by atoms with Crippen molar-refractivity contribution >= 4 is 11.7 Å². The van der Waals surface area contributed by atoms with Gasteiger partial charge in [0.25, 0.3) is 5.89 Å². The number of nitrogens with zero attached hydrogens (tertiary/aromatic N) is 2. The standard InChI is InChI=1S/C15H14F2N4O5/c16-15(17)24-9-4-1-3-8(12(9)25-15)19-14(22)18-7-11-20-13(26-21-11)10-5-2-6-23-10/h1,3-4,10H,2,5-7H2,(H2,18,19,22)/t10-/m0/s1. The fraction of sp³-hybridized carbons (Fsp3) is 0.400. The van der Waals surface area contributed by atoms with Crippen molar-refractivity contribution in [2.75, 3.05) is 11.9 Å². The topological polar surface area (TPSA) is 108 Å². The number of rotatable bonds is 4. The second-order valence-electron chi connectivity index (χ2n) is 5.66. The van der Waals surface area contributed by atoms with Crippen LogP contribution in [-0.4, -0.2) is 29.1 Å². The Kier molecular flexibility index (Phi) is 4.07. The molecule has 3 heterocycles. The Morgan fingerprint density at radius 2 is 2.23 bits per heavy atom. The zero-order valence-electron chi connectivity index (χ0n) is 13.3. The Balaban J connectivity index is 1.35. The third kappa shape index (κ3) is 3.38. The van der Waals surface area contributed by atoms with E-state index in [-0.39, 0.29) is 35.7 Å². The summed E-state index contributed by atoms with van der Waals surface area (Å²) in [5.74, 6) is 0.239. The fourth-order valence-electron chi connectivity index (χ4n) is 2.64. The number of anilines is 1. The van der Waals surface area contributed by atoms with Crippen molar-refractivity contribution in [1.29, 1.82) is 0 Å². The van der Waals surface area contributed by atoms with E-state index in [4.69, 9.17) is 9.26 Å². The molecule has 0 spiro atoms. The van der Waals surface area contributed by atoms with E-state index in [2.05, 4.69) is 30.2 Å². The summed E-state index contributed by atoms with van der Waals surface area (Å²) in [4.78, 5) is 16.2. The molecule has 1 aromatic carbocycles. The van der Waals surface area contributed by atoms with E-state index in [1.54, 1.807) is 0 Å². The minimum atomic E-state index is -3.76. The van der Waals surface area contributed by atoms with Gasteiger partial charge in [-0.3, -0.25) is 0 Å². The maximum absolute atomic E-state index is 13.1. The van der Waals surface area contributed by atoms with Crippen molar-refractivity contribution in [3.63, 3.8) is 0 Å². The largest absolute Gasteiger partial charge is 0.586 e. The molecule has 26 heavy (non-hydrogen) atoms. The first-order valence-corrected chi connectivity index (χ1v) is 7.88. The summed E-state index contributed by atoms with van der Waals surface area (Å²) in [6, 6.07) is 3.52. The zero-order valence-corrected chi connectivity index (χ0v) is 13.3. The molecule has 1 atom stereocenters. The number of urea groups is 1. The summed E-state index contributed by atoms with van der Waals surface area (Å²) in [5, 5.41) is 8.68. The molecule has 2 aromatic rings. The lowest BCUT2D eigenvalue weighted by atomic mass is 10.2. The van der Waals surface area contributed by atoms with Crippen LogP contribution in [0.3, 0.4) is 0 Å². The molecule has 138 valence electrons. The lowest BCUT2D eigenvalue weighted by Gasteiger charge is -2.09. The Labute approximate surface area is 145 Å². The van der Waals surface area contributed by atoms with E-state index in [0.29, 0.717) is 12.5 Å². The van der Waals surface area contributed by atoms with E-state index < -0.39 is 12.3 Å². The molecule has 2 aliphatic rings. The van der Waals surface area contributed by atoms with Crippen LogP contribution in [0.15, 0.2) is 22.7 Å². The summed E-state index contributed by atoms with van der Waals surface area (Å²) in [6.45, 7) is 0.639. The van der Waals surface area contributed by atoms with Crippen LogP contribution in [0.25, 0.3) is 0 Å². The van der Waals surface area contributed by atoms with Crippen LogP contribution < -0.4 is 20.1 Å². The Bertz CT molecular complexity index is 822. The molecule has 0 unspecified atom stereocenters. The number of para-hydroxylation sites is 1. The highest BCUT2D eigenvalue weighted by atomic mass is 19.3. The monoisotopic (exact) mass is 368 g/mol. The number of hydrogen-bond acceptors (Lipinski definition) is 7. The first-order valence-electron chi connectivity index (χ1n) is 7.88. The van der Waals surface area contributed by atoms with Crippen molar-refractivity contribution in [3.8, 4) is 11.5 Å². The van der Waals surface area contributed by atoms with Crippen molar-refractivity contribution in [2.45, 2.75) is 31.8 Å². The Morgan fingerprint density at radius 1 is 1.35 bits per heavy atom. The predicted octanol–water partition coefficient (Wildman–Crippen LogP) is 2.56. The number of carbonyl (C=O) groups is 1. The van der Waals surface area contributed by atoms with E-state index in [9.17, 15) is 13.6 Å². The van der Waals surface area contributed by atoms with Gasteiger partial charge in [-0.25, -0.2) is 4.79 Å². The number of ether oxygens (including phenoxy) is 3. The summed E-state index contributed by atoms with van der Waals surface area (Å²) in [6.07, 6.45) is -2.24. The molecule has 0 aliphatic carbocycles. The molecule has 0 radical (unpaired) electrons. The average molecular weight is 368 g/mol. The van der Waals surface area contributed by atoms with Crippen LogP contribution >= 0.6 is 0 Å². The molecule has 0 bridgehead atoms. The molecule has 2 N–H and O–H groups in total. The molecular weight excluding hydrogens is 354 g/mol. The van der Waals surface area contributed by atoms with E-state index in [0.717, 1.165) is 12.8 Å². The number of benzene rings is 1. The molecule has 2 aliphatic heterocycles. The van der Waals surface area contributed by atoms with E-state index >= 15 is 0 Å². The lowest BCUT2D eigenvalue weighted by molar-refractivity contribution is -0.286. The molecule has 1 fully saturated rings. The molecule has 11 heteroatoms. The smallest absolute Gasteiger partial charge is 0.395 e. The molecular formula is C15H14F2N4O5. The van der Waals surface area contributed by atoms with Gasteiger partial charge in [0.05, 0.1) is 12.2 Å². The van der Waals surface area contributed by atoms with Crippen LogP contribution in [0.5, 0.6) is 11.5 Å². The van der Waals surface area contributed by atoms with Gasteiger partial charge in [0.2, 0.25) is 0 Å². The first kappa shape index (κ1) is 16.5. The number of aromatic nitrogens is 2. The highest BCUT2D eigenvalue weighted by Crippen LogP contribution is 2.45. The molecule has 2 amide bonds. The summed E-state index contributed by atoms with van der Waals surface area (Å²) in [5.41, 5.74) is 0.0466. The van der Waals surface area contributed by atoms with Crippen molar-refractivity contribution < 1.29 is 32.3 Å². The number of fused-ring (bicyclic) bond motifs is 1. The number of hydrogen-bond donors (Lipinski definition) is 2. The number of carbonyl (C=O) groups excluding carboxylic acids is 1. The minimum Gasteiger partial charge on any atom is -0.395 e. The van der Waals surface area contributed by atoms with Gasteiger partial charge in [0.1, 0.15) is 6.10 Å². The molecule has 1 aromatic heterocycles. The zero-order chi connectivity index (χ0) is 18.1. The quantitative estimate of drug-likeness (QED) is 0.854. The van der Waals surface area contributed by atoms with Gasteiger partial charge in [0, 0.05) is 6.61 Å². The molecule has 1 saturated heterocycles. The van der Waals surface area contributed by atoms with Crippen molar-refractivity contribution in [3.05, 3.63) is 29.9 Å². The maximum Gasteiger partial charge on any atom is 0.586 e. The van der Waals surface area contributed by atoms with Crippen LogP contribution in [0.2, 0.25) is 0 Å². The number of nitrogens with one attached hydrogen (secondary N) is 2. The molecule has 4 rings (SSSR count). The van der Waals surface area contributed by atoms with Gasteiger partial charge in [-0.1, -0.05) is 11.2 Å². The highest BCUT2D eigenvalue weighted by molar-refractivity contribution is 5.91. The molecule has 0 saturated carbocycles. The summed E-state index contributed by atoms with van der Waals surface area (Å²) >= 11 is 0. The van der Waals surface area contributed by atoms with Gasteiger partial charge in [-0.05, 0) is 25.0 Å². The Hall–Kier alpha value is -2.95. The second kappa shape index (κ2) is 6.41. The van der Waals surface area contributed by atoms with E-state index in [1.165, 1.54) is 18.2 Å². The van der Waals surface area contributed by atoms with Gasteiger partial charge in [-0.2, -0.15) is 4.98 Å². The maximum atomic E-state index is 13.1. The minimum absolute atomic E-state index is 0.00933. The van der Waals surface area contributed by atoms with Gasteiger partial charge < -0.3 is 29.4 Å². The highest BCUT2D eigenvalue weighted by Gasteiger charge is 2.44. The number of halogens is 2. The predicted molar refractivity (Wildman–Crippen MR) is 80.7 cm³/mol. The third-order valence-electron chi connectivity index (χ3n) is 3.77. The Morgan fingerprint density at radius 3 is 3.04 bits per heavy atom. The van der Waals surface area contributed by atoms with Crippen LogP contribution in [0.1, 0.15) is 30.7 Å². The number of alkyl halides is 2. The van der Waals surface area contributed by atoms with Gasteiger partial charge in [0.15, 0.2) is 17.3 Å². The van der Waals surface area contributed by atoms with Gasteiger partial charge >= 0.3 is 12.3 Å². The summed E-state index contributed by atoms with van der Waals surface area (Å²) in [7, 11) is 0. The SMILES string of the molecule is O=C(NCc1noc([C@@H]2CCCO2)n1)Nc1cccc2c1OC(F)(F)O2. The van der Waals surface area contributed by atoms with Gasteiger partial charge in [-0.15, -0.1) is 8.78 Å². The lowest BCUT2D eigenvalue weighted by Crippen LogP contribution is -2.29. The first-order chi connectivity index (χ1) is 12.5. The van der Waals surface area contributed by atoms with E-state index in [1.807, 2.05) is 0 Å². The summed E-state index contributed by atoms with van der Waals surface area (Å²) < 4.78 is 45.6. The van der Waals surface area contributed by atoms with Crippen LogP contribution in [0.4, 0.5) is 19.3 Å². The average Bonchev–Trinajstić information content (AvgIpc) is 3.31. The normalized spacial score (nSPS) is 20.2. The van der Waals surface area contributed by atoms with Crippen molar-refractivity contribution in [2.24, 2.45) is 0 Å². The van der Waals surface area contributed by atoms with Crippen molar-refractivity contribution in [1.82, 2.24) is 15.5 Å². The fourth-order valence-corrected chi connectivity index (χ4v) is 2.64. The second-order valence-corrected chi connectivity index (χ2v) is 5.66. The third-order valence-corrected chi connectivity index (χ3v) is 3.77. The van der Waals surface area contributed by atoms with Crippen LogP contribution in [-0.2, 0) is 11.3 Å². The van der Waals surface area contributed by atoms with Crippen LogP contribution in [0, 0.1) is 0 Å². The number of amides is 2. The molecule has 9 nitrogen and oxygen atoms in total.